The van der Waals surface area contributed by atoms with Crippen molar-refractivity contribution in [2.75, 3.05) is 31.1 Å². The van der Waals surface area contributed by atoms with E-state index in [0.29, 0.717) is 18.1 Å². The van der Waals surface area contributed by atoms with E-state index in [1.165, 1.54) is 12.8 Å². The lowest BCUT2D eigenvalue weighted by Crippen LogP contribution is -2.51. The summed E-state index contributed by atoms with van der Waals surface area (Å²) in [6.45, 7) is 9.24. The number of hydrogen-bond acceptors (Lipinski definition) is 4. The van der Waals surface area contributed by atoms with Crippen LogP contribution in [-0.4, -0.2) is 56.5 Å². The molecule has 0 aromatic carbocycles. The lowest BCUT2D eigenvalue weighted by Gasteiger charge is -2.39. The first kappa shape index (κ1) is 14.3. The second-order valence-corrected chi connectivity index (χ2v) is 8.98. The van der Waals surface area contributed by atoms with E-state index in [-0.39, 0.29) is 11.5 Å². The van der Waals surface area contributed by atoms with Gasteiger partial charge in [-0.1, -0.05) is 13.8 Å². The van der Waals surface area contributed by atoms with Crippen molar-refractivity contribution < 1.29 is 8.42 Å². The average molecular weight is 274 g/mol. The molecule has 0 bridgehead atoms. The van der Waals surface area contributed by atoms with Gasteiger partial charge in [0.2, 0.25) is 0 Å². The molecule has 1 heterocycles. The highest BCUT2D eigenvalue weighted by molar-refractivity contribution is 7.91. The Bertz CT molecular complexity index is 388. The fraction of sp³-hybridized carbons (Fsp3) is 1.00. The van der Waals surface area contributed by atoms with Gasteiger partial charge in [0.25, 0.3) is 0 Å². The first-order chi connectivity index (χ1) is 8.27. The van der Waals surface area contributed by atoms with Gasteiger partial charge in [-0.15, -0.1) is 0 Å². The van der Waals surface area contributed by atoms with Crippen molar-refractivity contribution in [3.8, 4) is 0 Å². The van der Waals surface area contributed by atoms with Crippen molar-refractivity contribution in [1.82, 2.24) is 10.2 Å². The number of nitrogens with one attached hydrogen (secondary N) is 1. The van der Waals surface area contributed by atoms with Gasteiger partial charge in [-0.25, -0.2) is 8.42 Å². The number of hydrogen-bond donors (Lipinski definition) is 1. The molecule has 1 N–H and O–H groups in total. The summed E-state index contributed by atoms with van der Waals surface area (Å²) < 4.78 is 23.1. The fourth-order valence-corrected chi connectivity index (χ4v) is 4.21. The van der Waals surface area contributed by atoms with Crippen molar-refractivity contribution in [3.63, 3.8) is 0 Å². The zero-order valence-corrected chi connectivity index (χ0v) is 12.6. The molecule has 5 heteroatoms. The van der Waals surface area contributed by atoms with Crippen LogP contribution in [-0.2, 0) is 9.84 Å². The van der Waals surface area contributed by atoms with Crippen molar-refractivity contribution in [3.05, 3.63) is 0 Å². The Labute approximate surface area is 111 Å². The third kappa shape index (κ3) is 4.21. The van der Waals surface area contributed by atoms with Crippen LogP contribution in [0.1, 0.15) is 33.6 Å². The van der Waals surface area contributed by atoms with Crippen molar-refractivity contribution in [2.45, 2.75) is 45.7 Å². The molecule has 0 radical (unpaired) electrons. The highest BCUT2D eigenvalue weighted by Gasteiger charge is 2.32. The Morgan fingerprint density at radius 1 is 1.33 bits per heavy atom. The van der Waals surface area contributed by atoms with Gasteiger partial charge in [-0.2, -0.15) is 0 Å². The fourth-order valence-electron chi connectivity index (χ4n) is 2.58. The molecule has 0 aromatic rings. The maximum atomic E-state index is 11.6. The van der Waals surface area contributed by atoms with E-state index in [4.69, 9.17) is 0 Å². The Morgan fingerprint density at radius 2 is 2.00 bits per heavy atom. The topological polar surface area (TPSA) is 49.4 Å². The normalized spacial score (nSPS) is 29.4. The summed E-state index contributed by atoms with van der Waals surface area (Å²) in [5.74, 6) is 0.641. The second kappa shape index (κ2) is 5.10. The Balaban J connectivity index is 1.83. The van der Waals surface area contributed by atoms with Crippen molar-refractivity contribution in [2.24, 2.45) is 5.41 Å². The SMILES string of the molecule is CC1CS(=O)(=O)CCN1CC(C)(C)CNC1CC1. The molecule has 0 amide bonds. The zero-order chi connectivity index (χ0) is 13.4. The molecule has 18 heavy (non-hydrogen) atoms. The van der Waals surface area contributed by atoms with Crippen molar-refractivity contribution >= 4 is 9.84 Å². The number of sulfone groups is 1. The van der Waals surface area contributed by atoms with Crippen molar-refractivity contribution in [1.29, 1.82) is 0 Å². The van der Waals surface area contributed by atoms with Gasteiger partial charge in [0.1, 0.15) is 0 Å². The molecular formula is C13H26N2O2S. The lowest BCUT2D eigenvalue weighted by atomic mass is 9.92. The quantitative estimate of drug-likeness (QED) is 0.809. The summed E-state index contributed by atoms with van der Waals surface area (Å²) in [7, 11) is -2.79. The van der Waals surface area contributed by atoms with Gasteiger partial charge in [-0.05, 0) is 25.2 Å². The predicted molar refractivity (Wildman–Crippen MR) is 74.5 cm³/mol. The van der Waals surface area contributed by atoms with Crippen LogP contribution in [0.5, 0.6) is 0 Å². The van der Waals surface area contributed by atoms with Gasteiger partial charge < -0.3 is 5.32 Å². The van der Waals surface area contributed by atoms with E-state index in [1.54, 1.807) is 0 Å². The maximum Gasteiger partial charge on any atom is 0.153 e. The average Bonchev–Trinajstić information content (AvgIpc) is 3.03. The first-order valence-corrected chi connectivity index (χ1v) is 8.77. The van der Waals surface area contributed by atoms with Crippen LogP contribution >= 0.6 is 0 Å². The minimum atomic E-state index is -2.79. The van der Waals surface area contributed by atoms with Crippen LogP contribution in [0.25, 0.3) is 0 Å². The number of nitrogens with zero attached hydrogens (tertiary/aromatic N) is 1. The molecule has 2 rings (SSSR count). The Morgan fingerprint density at radius 3 is 2.56 bits per heavy atom. The van der Waals surface area contributed by atoms with Crippen LogP contribution in [0.3, 0.4) is 0 Å². The third-order valence-corrected chi connectivity index (χ3v) is 5.68. The summed E-state index contributed by atoms with van der Waals surface area (Å²) >= 11 is 0. The molecule has 2 fully saturated rings. The van der Waals surface area contributed by atoms with Gasteiger partial charge in [-0.3, -0.25) is 4.90 Å². The molecule has 4 nitrogen and oxygen atoms in total. The van der Waals surface area contributed by atoms with Gasteiger partial charge in [0.15, 0.2) is 9.84 Å². The summed E-state index contributed by atoms with van der Waals surface area (Å²) in [5.41, 5.74) is 0.206. The lowest BCUT2D eigenvalue weighted by molar-refractivity contribution is 0.145. The second-order valence-electron chi connectivity index (χ2n) is 6.75. The monoisotopic (exact) mass is 274 g/mol. The molecule has 1 atom stereocenters. The predicted octanol–water partition coefficient (Wildman–Crippen LogP) is 0.884. The number of rotatable bonds is 5. The smallest absolute Gasteiger partial charge is 0.153 e. The molecule has 1 saturated carbocycles. The molecule has 1 unspecified atom stereocenters. The van der Waals surface area contributed by atoms with E-state index in [9.17, 15) is 8.42 Å². The Kier molecular flexibility index (Phi) is 4.04. The van der Waals surface area contributed by atoms with Crippen LogP contribution in [0.4, 0.5) is 0 Å². The van der Waals surface area contributed by atoms with Gasteiger partial charge in [0.05, 0.1) is 11.5 Å². The van der Waals surface area contributed by atoms with Crippen LogP contribution in [0.15, 0.2) is 0 Å². The summed E-state index contributed by atoms with van der Waals surface area (Å²) in [4.78, 5) is 2.33. The zero-order valence-electron chi connectivity index (χ0n) is 11.8. The van der Waals surface area contributed by atoms with E-state index >= 15 is 0 Å². The summed E-state index contributed by atoms with van der Waals surface area (Å²) in [5, 5.41) is 3.57. The minimum absolute atomic E-state index is 0.156. The van der Waals surface area contributed by atoms with E-state index in [1.807, 2.05) is 6.92 Å². The van der Waals surface area contributed by atoms with Gasteiger partial charge in [0, 0.05) is 31.7 Å². The summed E-state index contributed by atoms with van der Waals surface area (Å²) in [6.07, 6.45) is 2.63. The first-order valence-electron chi connectivity index (χ1n) is 6.95. The molecule has 1 saturated heterocycles. The molecular weight excluding hydrogens is 248 g/mol. The van der Waals surface area contributed by atoms with Crippen LogP contribution in [0, 0.1) is 5.41 Å². The largest absolute Gasteiger partial charge is 0.313 e. The maximum absolute atomic E-state index is 11.6. The van der Waals surface area contributed by atoms with Crippen LogP contribution < -0.4 is 5.32 Å². The third-order valence-electron chi connectivity index (χ3n) is 3.89. The van der Waals surface area contributed by atoms with E-state index in [0.717, 1.165) is 19.1 Å². The van der Waals surface area contributed by atoms with E-state index < -0.39 is 9.84 Å². The molecule has 1 aliphatic heterocycles. The molecule has 1 aliphatic carbocycles. The standard InChI is InChI=1S/C13H26N2O2S/c1-11-8-18(16,17)7-6-15(11)10-13(2,3)9-14-12-4-5-12/h11-12,14H,4-10H2,1-3H3. The minimum Gasteiger partial charge on any atom is -0.313 e. The summed E-state index contributed by atoms with van der Waals surface area (Å²) in [6, 6.07) is 0.896. The Hall–Kier alpha value is -0.130. The molecule has 0 aromatic heterocycles. The van der Waals surface area contributed by atoms with Gasteiger partial charge >= 0.3 is 0 Å². The highest BCUT2D eigenvalue weighted by atomic mass is 32.2. The molecule has 2 aliphatic rings. The molecule has 0 spiro atoms. The molecule has 106 valence electrons. The van der Waals surface area contributed by atoms with Crippen LogP contribution in [0.2, 0.25) is 0 Å². The van der Waals surface area contributed by atoms with E-state index in [2.05, 4.69) is 24.1 Å². The highest BCUT2D eigenvalue weighted by Crippen LogP contribution is 2.24.